The molecule has 8 nitrogen and oxygen atoms in total. The first-order valence-electron chi connectivity index (χ1n) is 13.6. The lowest BCUT2D eigenvalue weighted by molar-refractivity contribution is 0.284. The number of nitrogen functional groups attached to an aromatic ring is 1. The van der Waals surface area contributed by atoms with Gasteiger partial charge in [0.15, 0.2) is 11.5 Å². The highest BCUT2D eigenvalue weighted by atomic mass is 32.2. The predicted molar refractivity (Wildman–Crippen MR) is 168 cm³/mol. The number of aryl methyl sites for hydroxylation is 2. The molecular weight excluding hydrogens is 548 g/mol. The average Bonchev–Trinajstić information content (AvgIpc) is 2.97. The Morgan fingerprint density at radius 3 is 2.12 bits per heavy atom. The zero-order chi connectivity index (χ0) is 30.4. The van der Waals surface area contributed by atoms with Crippen LogP contribution in [-0.4, -0.2) is 27.9 Å². The molecule has 0 fully saturated rings. The van der Waals surface area contributed by atoms with Gasteiger partial charge in [-0.05, 0) is 97.5 Å². The average molecular weight is 587 g/mol. The molecule has 0 aliphatic rings. The second kappa shape index (κ2) is 13.1. The largest absolute Gasteiger partial charge is 0.493 e. The maximum atomic E-state index is 13.9. The smallest absolute Gasteiger partial charge is 0.241 e. The van der Waals surface area contributed by atoms with Gasteiger partial charge in [-0.2, -0.15) is 0 Å². The van der Waals surface area contributed by atoms with E-state index in [1.807, 2.05) is 82.3 Å². The van der Waals surface area contributed by atoms with Crippen molar-refractivity contribution in [3.05, 3.63) is 118 Å². The molecule has 0 saturated carbocycles. The number of benzene rings is 4. The van der Waals surface area contributed by atoms with Crippen molar-refractivity contribution in [2.75, 3.05) is 19.0 Å². The number of nitrogens with two attached hydrogens (primary N) is 1. The van der Waals surface area contributed by atoms with Crippen LogP contribution in [-0.2, 0) is 16.6 Å². The fraction of sp³-hybridized carbons (Fsp3) is 0.242. The zero-order valence-corrected chi connectivity index (χ0v) is 25.4. The highest BCUT2D eigenvalue weighted by molar-refractivity contribution is 7.89. The molecule has 0 spiro atoms. The molecule has 9 heteroatoms. The minimum Gasteiger partial charge on any atom is -0.493 e. The minimum atomic E-state index is -3.92. The first-order chi connectivity index (χ1) is 20.0. The van der Waals surface area contributed by atoms with Crippen LogP contribution in [0.15, 0.2) is 83.8 Å². The van der Waals surface area contributed by atoms with Crippen LogP contribution in [0.4, 0.5) is 5.69 Å². The molecule has 0 radical (unpaired) electrons. The van der Waals surface area contributed by atoms with E-state index in [-0.39, 0.29) is 12.4 Å². The van der Waals surface area contributed by atoms with Crippen LogP contribution in [0.3, 0.4) is 0 Å². The third-order valence-electron chi connectivity index (χ3n) is 7.40. The van der Waals surface area contributed by atoms with Crippen molar-refractivity contribution in [1.29, 1.82) is 5.41 Å². The van der Waals surface area contributed by atoms with Gasteiger partial charge in [0.1, 0.15) is 12.4 Å². The van der Waals surface area contributed by atoms with Gasteiger partial charge in [0.2, 0.25) is 10.0 Å². The molecule has 1 atom stereocenters. The van der Waals surface area contributed by atoms with Crippen LogP contribution in [0.1, 0.15) is 45.0 Å². The second-order valence-corrected chi connectivity index (χ2v) is 12.0. The summed E-state index contributed by atoms with van der Waals surface area (Å²) in [4.78, 5) is 0.297. The standard InChI is InChI=1S/C33H38N4O4S/c1-21-17-22(2)24(4)32(23(21)3)42(38,39)37-29(19-36-28-14-11-26(12-15-28)33(34)35)27-13-16-30(31(18-27)40-5)41-20-25-9-7-6-8-10-25/h6-18,29,36-37H,19-20H2,1-5H3,(H3,34,35). The van der Waals surface area contributed by atoms with Gasteiger partial charge in [0.05, 0.1) is 18.0 Å². The summed E-state index contributed by atoms with van der Waals surface area (Å²) in [5.74, 6) is 1.03. The van der Waals surface area contributed by atoms with Gasteiger partial charge in [-0.25, -0.2) is 13.1 Å². The molecule has 4 rings (SSSR count). The van der Waals surface area contributed by atoms with Crippen LogP contribution in [0.2, 0.25) is 0 Å². The third-order valence-corrected chi connectivity index (χ3v) is 9.14. The van der Waals surface area contributed by atoms with E-state index in [9.17, 15) is 8.42 Å². The number of hydrogen-bond donors (Lipinski definition) is 4. The van der Waals surface area contributed by atoms with Crippen LogP contribution < -0.4 is 25.2 Å². The first-order valence-corrected chi connectivity index (χ1v) is 15.1. The molecular formula is C33H38N4O4S. The Hall–Kier alpha value is -4.34. The van der Waals surface area contributed by atoms with E-state index in [2.05, 4.69) is 10.0 Å². The second-order valence-electron chi connectivity index (χ2n) is 10.3. The van der Waals surface area contributed by atoms with Gasteiger partial charge in [-0.3, -0.25) is 5.41 Å². The maximum absolute atomic E-state index is 13.9. The molecule has 4 aromatic carbocycles. The fourth-order valence-electron chi connectivity index (χ4n) is 4.80. The van der Waals surface area contributed by atoms with Gasteiger partial charge in [-0.1, -0.05) is 42.5 Å². The summed E-state index contributed by atoms with van der Waals surface area (Å²) in [5.41, 5.74) is 12.0. The third kappa shape index (κ3) is 7.10. The Labute approximate surface area is 248 Å². The molecule has 1 unspecified atom stereocenters. The SMILES string of the molecule is COc1cc(C(CNc2ccc(C(=N)N)cc2)NS(=O)(=O)c2c(C)c(C)cc(C)c2C)ccc1OCc1ccccc1. The summed E-state index contributed by atoms with van der Waals surface area (Å²) < 4.78 is 42.5. The number of hydrogen-bond acceptors (Lipinski definition) is 6. The molecule has 0 aliphatic carbocycles. The van der Waals surface area contributed by atoms with Crippen LogP contribution in [0.25, 0.3) is 0 Å². The maximum Gasteiger partial charge on any atom is 0.241 e. The lowest BCUT2D eigenvalue weighted by Crippen LogP contribution is -2.34. The number of sulfonamides is 1. The first kappa shape index (κ1) is 30.6. The van der Waals surface area contributed by atoms with Crippen molar-refractivity contribution >= 4 is 21.5 Å². The summed E-state index contributed by atoms with van der Waals surface area (Å²) in [6, 6.07) is 23.7. The zero-order valence-electron chi connectivity index (χ0n) is 24.6. The molecule has 0 amide bonds. The number of ether oxygens (including phenoxy) is 2. The van der Waals surface area contributed by atoms with E-state index in [1.54, 1.807) is 31.4 Å². The molecule has 0 aliphatic heterocycles. The molecule has 0 bridgehead atoms. The van der Waals surface area contributed by atoms with Crippen molar-refractivity contribution in [2.45, 2.75) is 45.2 Å². The highest BCUT2D eigenvalue weighted by Crippen LogP contribution is 2.33. The normalized spacial score (nSPS) is 12.0. The van der Waals surface area contributed by atoms with Crippen molar-refractivity contribution in [3.8, 4) is 11.5 Å². The van der Waals surface area contributed by atoms with Crippen molar-refractivity contribution in [2.24, 2.45) is 5.73 Å². The number of anilines is 1. The van der Waals surface area contributed by atoms with E-state index >= 15 is 0 Å². The van der Waals surface area contributed by atoms with Crippen molar-refractivity contribution in [1.82, 2.24) is 4.72 Å². The fourth-order valence-corrected chi connectivity index (χ4v) is 6.64. The van der Waals surface area contributed by atoms with Crippen LogP contribution in [0, 0.1) is 33.1 Å². The lowest BCUT2D eigenvalue weighted by atomic mass is 10.0. The summed E-state index contributed by atoms with van der Waals surface area (Å²) in [5, 5.41) is 11.0. The molecule has 42 heavy (non-hydrogen) atoms. The molecule has 4 aromatic rings. The summed E-state index contributed by atoms with van der Waals surface area (Å²) in [6.07, 6.45) is 0. The predicted octanol–water partition coefficient (Wildman–Crippen LogP) is 5.92. The molecule has 0 aromatic heterocycles. The lowest BCUT2D eigenvalue weighted by Gasteiger charge is -2.24. The Balaban J connectivity index is 1.67. The quantitative estimate of drug-likeness (QED) is 0.121. The number of nitrogens with one attached hydrogen (secondary N) is 3. The van der Waals surface area contributed by atoms with Crippen LogP contribution in [0.5, 0.6) is 11.5 Å². The van der Waals surface area contributed by atoms with E-state index in [4.69, 9.17) is 20.6 Å². The Morgan fingerprint density at radius 2 is 1.52 bits per heavy atom. The monoisotopic (exact) mass is 586 g/mol. The van der Waals surface area contributed by atoms with Gasteiger partial charge >= 0.3 is 0 Å². The highest BCUT2D eigenvalue weighted by Gasteiger charge is 2.27. The van der Waals surface area contributed by atoms with E-state index in [0.29, 0.717) is 34.1 Å². The van der Waals surface area contributed by atoms with E-state index < -0.39 is 16.1 Å². The number of methoxy groups -OCH3 is 1. The Morgan fingerprint density at radius 1 is 0.881 bits per heavy atom. The van der Waals surface area contributed by atoms with E-state index in [0.717, 1.165) is 33.5 Å². The Bertz CT molecular complexity index is 1640. The van der Waals surface area contributed by atoms with Crippen molar-refractivity contribution in [3.63, 3.8) is 0 Å². The number of rotatable bonds is 12. The minimum absolute atomic E-state index is 0.0203. The van der Waals surface area contributed by atoms with Gasteiger partial charge < -0.3 is 20.5 Å². The summed E-state index contributed by atoms with van der Waals surface area (Å²) in [7, 11) is -2.36. The molecule has 220 valence electrons. The van der Waals surface area contributed by atoms with E-state index in [1.165, 1.54) is 0 Å². The van der Waals surface area contributed by atoms with Crippen LogP contribution >= 0.6 is 0 Å². The summed E-state index contributed by atoms with van der Waals surface area (Å²) >= 11 is 0. The molecule has 0 saturated heterocycles. The van der Waals surface area contributed by atoms with Gasteiger partial charge in [0.25, 0.3) is 0 Å². The van der Waals surface area contributed by atoms with Gasteiger partial charge in [-0.15, -0.1) is 0 Å². The summed E-state index contributed by atoms with van der Waals surface area (Å²) in [6.45, 7) is 8.13. The number of amidine groups is 1. The topological polar surface area (TPSA) is 127 Å². The van der Waals surface area contributed by atoms with Crippen molar-refractivity contribution < 1.29 is 17.9 Å². The molecule has 0 heterocycles. The van der Waals surface area contributed by atoms with Gasteiger partial charge in [0, 0.05) is 17.8 Å². The molecule has 5 N–H and O–H groups in total. The Kier molecular flexibility index (Phi) is 9.55.